The third-order valence-corrected chi connectivity index (χ3v) is 4.33. The van der Waals surface area contributed by atoms with E-state index < -0.39 is 0 Å². The minimum absolute atomic E-state index is 0.250. The van der Waals surface area contributed by atoms with E-state index in [-0.39, 0.29) is 5.78 Å². The second kappa shape index (κ2) is 7.28. The van der Waals surface area contributed by atoms with E-state index in [1.54, 1.807) is 13.2 Å². The summed E-state index contributed by atoms with van der Waals surface area (Å²) in [4.78, 5) is 12.0. The predicted octanol–water partition coefficient (Wildman–Crippen LogP) is 4.49. The van der Waals surface area contributed by atoms with Gasteiger partial charge < -0.3 is 4.74 Å². The fraction of sp³-hybridized carbons (Fsp3) is 0.500. The SMILES string of the molecule is COc1ccc(/C=C/C(=O)CC2CCCCC2C)cc1. The lowest BCUT2D eigenvalue weighted by Gasteiger charge is -2.27. The van der Waals surface area contributed by atoms with Gasteiger partial charge in [0.05, 0.1) is 7.11 Å². The highest BCUT2D eigenvalue weighted by molar-refractivity contribution is 5.93. The Morgan fingerprint density at radius 2 is 1.95 bits per heavy atom. The van der Waals surface area contributed by atoms with Gasteiger partial charge in [0.25, 0.3) is 0 Å². The lowest BCUT2D eigenvalue weighted by atomic mass is 9.78. The highest BCUT2D eigenvalue weighted by atomic mass is 16.5. The van der Waals surface area contributed by atoms with Crippen LogP contribution in [0, 0.1) is 11.8 Å². The molecule has 0 heterocycles. The summed E-state index contributed by atoms with van der Waals surface area (Å²) in [5.41, 5.74) is 1.04. The maximum absolute atomic E-state index is 12.0. The van der Waals surface area contributed by atoms with Crippen molar-refractivity contribution in [3.63, 3.8) is 0 Å². The largest absolute Gasteiger partial charge is 0.497 e. The van der Waals surface area contributed by atoms with Gasteiger partial charge in [0.15, 0.2) is 5.78 Å². The van der Waals surface area contributed by atoms with Crippen molar-refractivity contribution in [1.29, 1.82) is 0 Å². The lowest BCUT2D eigenvalue weighted by molar-refractivity contribution is -0.116. The van der Waals surface area contributed by atoms with Crippen LogP contribution in [0.4, 0.5) is 0 Å². The summed E-state index contributed by atoms with van der Waals surface area (Å²) < 4.78 is 5.12. The summed E-state index contributed by atoms with van der Waals surface area (Å²) in [7, 11) is 1.65. The molecule has 0 aromatic heterocycles. The average molecular weight is 272 g/mol. The molecule has 2 unspecified atom stereocenters. The molecule has 2 atom stereocenters. The maximum atomic E-state index is 12.0. The molecule has 1 saturated carbocycles. The summed E-state index contributed by atoms with van der Waals surface area (Å²) in [6, 6.07) is 7.75. The predicted molar refractivity (Wildman–Crippen MR) is 82.8 cm³/mol. The van der Waals surface area contributed by atoms with E-state index in [0.717, 1.165) is 11.3 Å². The molecule has 1 fully saturated rings. The molecule has 0 radical (unpaired) electrons. The summed E-state index contributed by atoms with van der Waals surface area (Å²) in [5.74, 6) is 2.36. The smallest absolute Gasteiger partial charge is 0.155 e. The normalized spacial score (nSPS) is 22.9. The summed E-state index contributed by atoms with van der Waals surface area (Å²) in [6.07, 6.45) is 9.42. The number of hydrogen-bond donors (Lipinski definition) is 0. The van der Waals surface area contributed by atoms with Gasteiger partial charge in [-0.3, -0.25) is 4.79 Å². The first-order valence-corrected chi connectivity index (χ1v) is 7.54. The van der Waals surface area contributed by atoms with E-state index in [0.29, 0.717) is 18.3 Å². The van der Waals surface area contributed by atoms with Crippen molar-refractivity contribution in [3.05, 3.63) is 35.9 Å². The van der Waals surface area contributed by atoms with Crippen LogP contribution < -0.4 is 4.74 Å². The zero-order chi connectivity index (χ0) is 14.4. The molecule has 2 nitrogen and oxygen atoms in total. The van der Waals surface area contributed by atoms with E-state index in [1.165, 1.54) is 25.7 Å². The molecular formula is C18H24O2. The Hall–Kier alpha value is -1.57. The third kappa shape index (κ3) is 4.22. The van der Waals surface area contributed by atoms with Gasteiger partial charge in [0.1, 0.15) is 5.75 Å². The fourth-order valence-electron chi connectivity index (χ4n) is 2.93. The average Bonchev–Trinajstić information content (AvgIpc) is 2.48. The van der Waals surface area contributed by atoms with E-state index in [9.17, 15) is 4.79 Å². The van der Waals surface area contributed by atoms with Crippen LogP contribution in [0.3, 0.4) is 0 Å². The number of ether oxygens (including phenoxy) is 1. The van der Waals surface area contributed by atoms with E-state index in [2.05, 4.69) is 6.92 Å². The molecule has 0 aliphatic heterocycles. The number of carbonyl (C=O) groups is 1. The highest BCUT2D eigenvalue weighted by Gasteiger charge is 2.22. The van der Waals surface area contributed by atoms with Gasteiger partial charge in [0, 0.05) is 6.42 Å². The second-order valence-electron chi connectivity index (χ2n) is 5.80. The summed E-state index contributed by atoms with van der Waals surface area (Å²) in [5, 5.41) is 0. The van der Waals surface area contributed by atoms with Crippen LogP contribution in [0.15, 0.2) is 30.3 Å². The van der Waals surface area contributed by atoms with Crippen LogP contribution in [-0.4, -0.2) is 12.9 Å². The maximum Gasteiger partial charge on any atom is 0.155 e. The number of hydrogen-bond acceptors (Lipinski definition) is 2. The Balaban J connectivity index is 1.87. The number of rotatable bonds is 5. The minimum atomic E-state index is 0.250. The first-order valence-electron chi connectivity index (χ1n) is 7.54. The molecule has 0 spiro atoms. The molecule has 20 heavy (non-hydrogen) atoms. The number of allylic oxidation sites excluding steroid dienone is 1. The molecular weight excluding hydrogens is 248 g/mol. The molecule has 2 heteroatoms. The van der Waals surface area contributed by atoms with Crippen LogP contribution in [0.5, 0.6) is 5.75 Å². The topological polar surface area (TPSA) is 26.3 Å². The van der Waals surface area contributed by atoms with Crippen LogP contribution in [0.1, 0.15) is 44.6 Å². The van der Waals surface area contributed by atoms with Gasteiger partial charge in [-0.05, 0) is 42.0 Å². The van der Waals surface area contributed by atoms with Crippen LogP contribution in [-0.2, 0) is 4.79 Å². The van der Waals surface area contributed by atoms with Crippen molar-refractivity contribution in [2.75, 3.05) is 7.11 Å². The van der Waals surface area contributed by atoms with Gasteiger partial charge in [-0.15, -0.1) is 0 Å². The van der Waals surface area contributed by atoms with Crippen molar-refractivity contribution in [3.8, 4) is 5.75 Å². The van der Waals surface area contributed by atoms with E-state index in [1.807, 2.05) is 30.3 Å². The molecule has 2 rings (SSSR count). The first kappa shape index (κ1) is 14.8. The lowest BCUT2D eigenvalue weighted by Crippen LogP contribution is -2.19. The summed E-state index contributed by atoms with van der Waals surface area (Å²) >= 11 is 0. The number of benzene rings is 1. The van der Waals surface area contributed by atoms with Crippen molar-refractivity contribution >= 4 is 11.9 Å². The van der Waals surface area contributed by atoms with Crippen LogP contribution in [0.25, 0.3) is 6.08 Å². The van der Waals surface area contributed by atoms with Crippen LogP contribution >= 0.6 is 0 Å². The number of carbonyl (C=O) groups excluding carboxylic acids is 1. The molecule has 1 aromatic rings. The Morgan fingerprint density at radius 3 is 2.60 bits per heavy atom. The number of methoxy groups -OCH3 is 1. The molecule has 1 aromatic carbocycles. The van der Waals surface area contributed by atoms with Gasteiger partial charge >= 0.3 is 0 Å². The standard InChI is InChI=1S/C18H24O2/c1-14-5-3-4-6-16(14)13-17(19)10-7-15-8-11-18(20-2)12-9-15/h7-12,14,16H,3-6,13H2,1-2H3/b10-7+. The molecule has 0 N–H and O–H groups in total. The fourth-order valence-corrected chi connectivity index (χ4v) is 2.93. The van der Waals surface area contributed by atoms with E-state index in [4.69, 9.17) is 4.74 Å². The van der Waals surface area contributed by atoms with Crippen LogP contribution in [0.2, 0.25) is 0 Å². The van der Waals surface area contributed by atoms with Gasteiger partial charge in [-0.1, -0.05) is 44.4 Å². The Bertz CT molecular complexity index is 459. The Kier molecular flexibility index (Phi) is 5.40. The summed E-state index contributed by atoms with van der Waals surface area (Å²) in [6.45, 7) is 2.28. The first-order chi connectivity index (χ1) is 9.69. The molecule has 0 amide bonds. The highest BCUT2D eigenvalue weighted by Crippen LogP contribution is 2.32. The van der Waals surface area contributed by atoms with Crippen molar-refractivity contribution in [2.45, 2.75) is 39.0 Å². The Labute approximate surface area is 121 Å². The molecule has 0 saturated heterocycles. The quantitative estimate of drug-likeness (QED) is 0.738. The number of ketones is 1. The Morgan fingerprint density at radius 1 is 1.25 bits per heavy atom. The van der Waals surface area contributed by atoms with Crippen molar-refractivity contribution in [2.24, 2.45) is 11.8 Å². The molecule has 0 bridgehead atoms. The van der Waals surface area contributed by atoms with Gasteiger partial charge in [-0.2, -0.15) is 0 Å². The zero-order valence-corrected chi connectivity index (χ0v) is 12.5. The third-order valence-electron chi connectivity index (χ3n) is 4.33. The second-order valence-corrected chi connectivity index (χ2v) is 5.80. The van der Waals surface area contributed by atoms with Crippen molar-refractivity contribution in [1.82, 2.24) is 0 Å². The van der Waals surface area contributed by atoms with Gasteiger partial charge in [-0.25, -0.2) is 0 Å². The molecule has 1 aliphatic carbocycles. The monoisotopic (exact) mass is 272 g/mol. The zero-order valence-electron chi connectivity index (χ0n) is 12.5. The minimum Gasteiger partial charge on any atom is -0.497 e. The van der Waals surface area contributed by atoms with E-state index >= 15 is 0 Å². The van der Waals surface area contributed by atoms with Crippen molar-refractivity contribution < 1.29 is 9.53 Å². The molecule has 108 valence electrons. The molecule has 1 aliphatic rings. The van der Waals surface area contributed by atoms with Gasteiger partial charge in [0.2, 0.25) is 0 Å².